The molecule has 0 saturated carbocycles. The summed E-state index contributed by atoms with van der Waals surface area (Å²) in [7, 11) is 0. The summed E-state index contributed by atoms with van der Waals surface area (Å²) >= 11 is 0. The van der Waals surface area contributed by atoms with Crippen LogP contribution >= 0.6 is 0 Å². The number of ether oxygens (including phenoxy) is 1. The zero-order valence-electron chi connectivity index (χ0n) is 11.8. The van der Waals surface area contributed by atoms with E-state index in [4.69, 9.17) is 4.74 Å². The lowest BCUT2D eigenvalue weighted by atomic mass is 9.91. The summed E-state index contributed by atoms with van der Waals surface area (Å²) < 4.78 is 7.49. The number of aliphatic hydroxyl groups excluding tert-OH is 1. The zero-order valence-corrected chi connectivity index (χ0v) is 11.8. The maximum absolute atomic E-state index is 9.71. The molecule has 1 aliphatic heterocycles. The molecule has 0 bridgehead atoms. The molecule has 0 aromatic carbocycles. The van der Waals surface area contributed by atoms with E-state index in [-0.39, 0.29) is 12.1 Å². The molecule has 1 fully saturated rings. The quantitative estimate of drug-likeness (QED) is 0.882. The molecule has 2 aromatic rings. The Morgan fingerprint density at radius 3 is 2.95 bits per heavy atom. The Hall–Kier alpha value is -1.43. The summed E-state index contributed by atoms with van der Waals surface area (Å²) in [6.07, 6.45) is 3.72. The van der Waals surface area contributed by atoms with Crippen LogP contribution in [0, 0.1) is 6.92 Å². The second kappa shape index (κ2) is 5.52. The Morgan fingerprint density at radius 1 is 1.40 bits per heavy atom. The van der Waals surface area contributed by atoms with Crippen LogP contribution in [0.3, 0.4) is 0 Å². The molecular weight excluding hydrogens is 254 g/mol. The van der Waals surface area contributed by atoms with E-state index < -0.39 is 0 Å². The van der Waals surface area contributed by atoms with Crippen molar-refractivity contribution in [2.24, 2.45) is 0 Å². The van der Waals surface area contributed by atoms with Gasteiger partial charge in [0.05, 0.1) is 18.0 Å². The van der Waals surface area contributed by atoms with Gasteiger partial charge in [-0.2, -0.15) is 0 Å². The molecule has 1 saturated heterocycles. The summed E-state index contributed by atoms with van der Waals surface area (Å²) in [5, 5.41) is 13.2. The molecule has 108 valence electrons. The van der Waals surface area contributed by atoms with Gasteiger partial charge in [0.25, 0.3) is 0 Å². The number of imidazole rings is 1. The number of pyridine rings is 1. The molecule has 5 heteroatoms. The predicted octanol–water partition coefficient (Wildman–Crippen LogP) is 1.27. The summed E-state index contributed by atoms with van der Waals surface area (Å²) in [6.45, 7) is 4.29. The number of hydrogen-bond donors (Lipinski definition) is 2. The number of aliphatic hydroxyl groups is 1. The predicted molar refractivity (Wildman–Crippen MR) is 76.6 cm³/mol. The molecule has 0 spiro atoms. The van der Waals surface area contributed by atoms with Crippen LogP contribution in [-0.4, -0.2) is 39.9 Å². The second-order valence-electron chi connectivity index (χ2n) is 5.48. The molecule has 1 aliphatic rings. The van der Waals surface area contributed by atoms with Crippen LogP contribution in [-0.2, 0) is 11.3 Å². The number of nitrogens with one attached hydrogen (secondary N) is 1. The van der Waals surface area contributed by atoms with Gasteiger partial charge in [0.15, 0.2) is 0 Å². The van der Waals surface area contributed by atoms with E-state index in [0.29, 0.717) is 19.8 Å². The molecule has 3 rings (SSSR count). The van der Waals surface area contributed by atoms with Crippen molar-refractivity contribution in [1.29, 1.82) is 0 Å². The lowest BCUT2D eigenvalue weighted by Gasteiger charge is -2.36. The number of fused-ring (bicyclic) bond motifs is 1. The summed E-state index contributed by atoms with van der Waals surface area (Å²) in [5.74, 6) is 0. The maximum atomic E-state index is 9.71. The van der Waals surface area contributed by atoms with Crippen molar-refractivity contribution in [1.82, 2.24) is 14.7 Å². The zero-order chi connectivity index (χ0) is 14.0. The summed E-state index contributed by atoms with van der Waals surface area (Å²) in [4.78, 5) is 4.56. The maximum Gasteiger partial charge on any atom is 0.137 e. The monoisotopic (exact) mass is 275 g/mol. The Bertz CT molecular complexity index is 588. The van der Waals surface area contributed by atoms with Crippen LogP contribution in [0.1, 0.15) is 24.2 Å². The SMILES string of the molecule is Cc1nc2ccccn2c1CNC1(CO)CCOCC1. The molecule has 0 unspecified atom stereocenters. The molecule has 3 heterocycles. The Kier molecular flexibility index (Phi) is 3.74. The van der Waals surface area contributed by atoms with Crippen LogP contribution in [0.15, 0.2) is 24.4 Å². The van der Waals surface area contributed by atoms with Crippen LogP contribution in [0.2, 0.25) is 0 Å². The molecule has 0 radical (unpaired) electrons. The highest BCUT2D eigenvalue weighted by atomic mass is 16.5. The van der Waals surface area contributed by atoms with E-state index in [0.717, 1.165) is 29.9 Å². The third kappa shape index (κ3) is 2.44. The summed E-state index contributed by atoms with van der Waals surface area (Å²) in [5.41, 5.74) is 2.93. The van der Waals surface area contributed by atoms with Crippen molar-refractivity contribution < 1.29 is 9.84 Å². The molecular formula is C15H21N3O2. The van der Waals surface area contributed by atoms with E-state index in [2.05, 4.69) is 14.7 Å². The van der Waals surface area contributed by atoms with Crippen molar-refractivity contribution in [2.75, 3.05) is 19.8 Å². The van der Waals surface area contributed by atoms with Crippen LogP contribution in [0.5, 0.6) is 0 Å². The second-order valence-corrected chi connectivity index (χ2v) is 5.48. The first-order valence-corrected chi connectivity index (χ1v) is 7.10. The fraction of sp³-hybridized carbons (Fsp3) is 0.533. The average Bonchev–Trinajstić information content (AvgIpc) is 2.81. The summed E-state index contributed by atoms with van der Waals surface area (Å²) in [6, 6.07) is 6.01. The molecule has 20 heavy (non-hydrogen) atoms. The van der Waals surface area contributed by atoms with E-state index in [9.17, 15) is 5.11 Å². The van der Waals surface area contributed by atoms with Gasteiger partial charge in [-0.05, 0) is 31.9 Å². The fourth-order valence-corrected chi connectivity index (χ4v) is 2.80. The Labute approximate surface area is 118 Å². The lowest BCUT2D eigenvalue weighted by Crippen LogP contribution is -2.52. The minimum atomic E-state index is -0.219. The molecule has 2 N–H and O–H groups in total. The third-order valence-corrected chi connectivity index (χ3v) is 4.21. The van der Waals surface area contributed by atoms with Gasteiger partial charge < -0.3 is 19.6 Å². The number of hydrogen-bond acceptors (Lipinski definition) is 4. The van der Waals surface area contributed by atoms with Gasteiger partial charge in [-0.15, -0.1) is 0 Å². The first-order chi connectivity index (χ1) is 9.74. The van der Waals surface area contributed by atoms with Crippen LogP contribution in [0.4, 0.5) is 0 Å². The van der Waals surface area contributed by atoms with E-state index in [1.807, 2.05) is 31.3 Å². The van der Waals surface area contributed by atoms with Crippen molar-refractivity contribution in [2.45, 2.75) is 31.8 Å². The van der Waals surface area contributed by atoms with Crippen molar-refractivity contribution in [3.8, 4) is 0 Å². The lowest BCUT2D eigenvalue weighted by molar-refractivity contribution is 0.0110. The van der Waals surface area contributed by atoms with Gasteiger partial charge >= 0.3 is 0 Å². The highest BCUT2D eigenvalue weighted by Gasteiger charge is 2.31. The first kappa shape index (κ1) is 13.5. The van der Waals surface area contributed by atoms with Crippen LogP contribution in [0.25, 0.3) is 5.65 Å². The van der Waals surface area contributed by atoms with Crippen molar-refractivity contribution in [3.05, 3.63) is 35.8 Å². The van der Waals surface area contributed by atoms with Gasteiger partial charge in [0.2, 0.25) is 0 Å². The standard InChI is InChI=1S/C15H21N3O2/c1-12-13(18-7-3-2-4-14(18)17-12)10-16-15(11-19)5-8-20-9-6-15/h2-4,7,16,19H,5-6,8-11H2,1H3. The number of rotatable bonds is 4. The number of aryl methyl sites for hydroxylation is 1. The van der Waals surface area contributed by atoms with Gasteiger partial charge in [-0.25, -0.2) is 4.98 Å². The number of aromatic nitrogens is 2. The first-order valence-electron chi connectivity index (χ1n) is 7.10. The van der Waals surface area contributed by atoms with Gasteiger partial charge in [0, 0.05) is 31.5 Å². The van der Waals surface area contributed by atoms with Crippen molar-refractivity contribution in [3.63, 3.8) is 0 Å². The van der Waals surface area contributed by atoms with E-state index >= 15 is 0 Å². The normalized spacial score (nSPS) is 18.5. The Balaban J connectivity index is 1.81. The van der Waals surface area contributed by atoms with E-state index in [1.54, 1.807) is 0 Å². The minimum absolute atomic E-state index is 0.145. The van der Waals surface area contributed by atoms with E-state index in [1.165, 1.54) is 0 Å². The van der Waals surface area contributed by atoms with Gasteiger partial charge in [-0.3, -0.25) is 0 Å². The van der Waals surface area contributed by atoms with Crippen LogP contribution < -0.4 is 5.32 Å². The smallest absolute Gasteiger partial charge is 0.137 e. The molecule has 0 aliphatic carbocycles. The molecule has 2 aromatic heterocycles. The largest absolute Gasteiger partial charge is 0.394 e. The Morgan fingerprint density at radius 2 is 2.20 bits per heavy atom. The highest BCUT2D eigenvalue weighted by molar-refractivity contribution is 5.42. The van der Waals surface area contributed by atoms with Gasteiger partial charge in [-0.1, -0.05) is 6.07 Å². The fourth-order valence-electron chi connectivity index (χ4n) is 2.80. The minimum Gasteiger partial charge on any atom is -0.394 e. The molecule has 0 amide bonds. The molecule has 0 atom stereocenters. The average molecular weight is 275 g/mol. The highest BCUT2D eigenvalue weighted by Crippen LogP contribution is 2.21. The molecule has 5 nitrogen and oxygen atoms in total. The topological polar surface area (TPSA) is 58.8 Å². The van der Waals surface area contributed by atoms with Crippen molar-refractivity contribution >= 4 is 5.65 Å². The number of nitrogens with zero attached hydrogens (tertiary/aromatic N) is 2. The third-order valence-electron chi connectivity index (χ3n) is 4.21. The van der Waals surface area contributed by atoms with Gasteiger partial charge in [0.1, 0.15) is 5.65 Å².